The van der Waals surface area contributed by atoms with E-state index in [0.29, 0.717) is 19.4 Å². The average Bonchev–Trinajstić information content (AvgIpc) is 3.52. The number of likely N-dealkylation sites (tertiary alicyclic amines) is 1. The normalized spacial score (nSPS) is 30.1. The molecule has 3 saturated heterocycles. The van der Waals surface area contributed by atoms with E-state index in [-0.39, 0.29) is 30.4 Å². The second kappa shape index (κ2) is 11.6. The molecule has 0 saturated carbocycles. The van der Waals surface area contributed by atoms with Gasteiger partial charge in [-0.2, -0.15) is 0 Å². The Hall–Kier alpha value is -2.84. The highest BCUT2D eigenvalue weighted by Crippen LogP contribution is 2.71. The van der Waals surface area contributed by atoms with Gasteiger partial charge < -0.3 is 20.6 Å². The van der Waals surface area contributed by atoms with Crippen LogP contribution in [0.25, 0.3) is 0 Å². The Balaban J connectivity index is 1.49. The Morgan fingerprint density at radius 3 is 2.33 bits per heavy atom. The topological polar surface area (TPSA) is 98.7 Å². The number of carbonyl (C=O) groups is 3. The molecule has 40 heavy (non-hydrogen) atoms. The molecule has 1 spiro atoms. The number of aliphatic hydroxyl groups excluding tert-OH is 1. The van der Waals surface area contributed by atoms with Crippen molar-refractivity contribution in [3.8, 4) is 0 Å². The molecule has 3 aliphatic rings. The third kappa shape index (κ3) is 5.05. The number of nitrogens with zero attached hydrogens (tertiary/aromatic N) is 1. The van der Waals surface area contributed by atoms with E-state index >= 15 is 0 Å². The van der Waals surface area contributed by atoms with Gasteiger partial charge in [0.25, 0.3) is 0 Å². The van der Waals surface area contributed by atoms with E-state index in [1.807, 2.05) is 67.6 Å². The molecule has 214 valence electrons. The van der Waals surface area contributed by atoms with Crippen LogP contribution in [0.2, 0.25) is 0 Å². The minimum Gasteiger partial charge on any atom is -0.394 e. The molecule has 7 atom stereocenters. The molecule has 3 amide bonds. The van der Waals surface area contributed by atoms with E-state index in [1.165, 1.54) is 0 Å². The lowest BCUT2D eigenvalue weighted by Crippen LogP contribution is -2.58. The van der Waals surface area contributed by atoms with Crippen molar-refractivity contribution in [2.75, 3.05) is 6.61 Å². The van der Waals surface area contributed by atoms with Gasteiger partial charge in [-0.25, -0.2) is 0 Å². The summed E-state index contributed by atoms with van der Waals surface area (Å²) in [7, 11) is 0. The smallest absolute Gasteiger partial charge is 0.244 e. The van der Waals surface area contributed by atoms with Gasteiger partial charge in [0, 0.05) is 17.3 Å². The minimum absolute atomic E-state index is 0.0317. The molecule has 3 N–H and O–H groups in total. The summed E-state index contributed by atoms with van der Waals surface area (Å²) in [4.78, 5) is 44.0. The highest BCUT2D eigenvalue weighted by atomic mass is 32.2. The van der Waals surface area contributed by atoms with Crippen LogP contribution in [0.5, 0.6) is 0 Å². The lowest BCUT2D eigenvalue weighted by molar-refractivity contribution is -0.143. The maximum atomic E-state index is 14.5. The van der Waals surface area contributed by atoms with E-state index in [1.54, 1.807) is 16.7 Å². The van der Waals surface area contributed by atoms with Crippen LogP contribution in [0.3, 0.4) is 0 Å². The van der Waals surface area contributed by atoms with Crippen molar-refractivity contribution in [3.05, 3.63) is 71.8 Å². The lowest BCUT2D eigenvalue weighted by Gasteiger charge is -2.37. The third-order valence-corrected chi connectivity index (χ3v) is 11.1. The van der Waals surface area contributed by atoms with E-state index in [4.69, 9.17) is 0 Å². The zero-order valence-corrected chi connectivity index (χ0v) is 24.5. The summed E-state index contributed by atoms with van der Waals surface area (Å²) in [5, 5.41) is 16.9. The van der Waals surface area contributed by atoms with Crippen LogP contribution in [0.1, 0.15) is 57.6 Å². The van der Waals surface area contributed by atoms with Crippen LogP contribution in [0, 0.1) is 11.8 Å². The van der Waals surface area contributed by atoms with Gasteiger partial charge in [-0.05, 0) is 50.7 Å². The molecule has 3 fully saturated rings. The summed E-state index contributed by atoms with van der Waals surface area (Å²) in [6, 6.07) is 18.2. The number of hydrogen-bond donors (Lipinski definition) is 3. The molecule has 5 rings (SSSR count). The van der Waals surface area contributed by atoms with Crippen molar-refractivity contribution in [2.24, 2.45) is 11.8 Å². The minimum atomic E-state index is -0.746. The summed E-state index contributed by atoms with van der Waals surface area (Å²) in [6.07, 6.45) is 3.66. The molecule has 2 bridgehead atoms. The fourth-order valence-electron chi connectivity index (χ4n) is 7.32. The van der Waals surface area contributed by atoms with Crippen molar-refractivity contribution in [3.63, 3.8) is 0 Å². The van der Waals surface area contributed by atoms with Crippen molar-refractivity contribution in [2.45, 2.75) is 87.0 Å². The first-order chi connectivity index (χ1) is 19.2. The van der Waals surface area contributed by atoms with Gasteiger partial charge in [0.05, 0.1) is 29.2 Å². The molecule has 8 heteroatoms. The number of aliphatic hydroxyl groups is 1. The van der Waals surface area contributed by atoms with Crippen molar-refractivity contribution < 1.29 is 19.5 Å². The molecule has 3 aliphatic heterocycles. The first kappa shape index (κ1) is 28.7. The average molecular weight is 564 g/mol. The van der Waals surface area contributed by atoms with Crippen LogP contribution in [0.15, 0.2) is 60.7 Å². The molecule has 2 aromatic rings. The number of benzene rings is 2. The summed E-state index contributed by atoms with van der Waals surface area (Å²) in [5.74, 6) is -1.66. The van der Waals surface area contributed by atoms with Crippen molar-refractivity contribution >= 4 is 29.5 Å². The van der Waals surface area contributed by atoms with Crippen molar-refractivity contribution in [1.29, 1.82) is 0 Å². The Morgan fingerprint density at radius 2 is 1.70 bits per heavy atom. The lowest BCUT2D eigenvalue weighted by atomic mass is 9.66. The van der Waals surface area contributed by atoms with E-state index in [2.05, 4.69) is 24.5 Å². The predicted octanol–water partition coefficient (Wildman–Crippen LogP) is 3.69. The molecule has 3 unspecified atom stereocenters. The summed E-state index contributed by atoms with van der Waals surface area (Å²) < 4.78 is -1.14. The number of hydrogen-bond acceptors (Lipinski definition) is 5. The number of carbonyl (C=O) groups excluding carboxylic acids is 3. The Labute approximate surface area is 241 Å². The zero-order valence-electron chi connectivity index (χ0n) is 23.6. The Morgan fingerprint density at radius 1 is 1.05 bits per heavy atom. The first-order valence-corrected chi connectivity index (χ1v) is 15.3. The van der Waals surface area contributed by atoms with Gasteiger partial charge >= 0.3 is 0 Å². The Kier molecular flexibility index (Phi) is 8.30. The SMILES string of the molecule is CCCC(C)NC(=O)C1N([C@@H](CO)Cc2ccccc2)C(=O)[C@@H]2[C@H](C(=O)NCc3ccccc3)[C@]3(C)CCC12S3. The van der Waals surface area contributed by atoms with E-state index < -0.39 is 33.4 Å². The van der Waals surface area contributed by atoms with Gasteiger partial charge in [0.1, 0.15) is 6.04 Å². The van der Waals surface area contributed by atoms with Gasteiger partial charge in [-0.15, -0.1) is 11.8 Å². The number of rotatable bonds is 11. The monoisotopic (exact) mass is 563 g/mol. The molecule has 0 aromatic heterocycles. The number of amides is 3. The van der Waals surface area contributed by atoms with Gasteiger partial charge in [-0.1, -0.05) is 74.0 Å². The molecule has 0 radical (unpaired) electrons. The number of fused-ring (bicyclic) bond motifs is 1. The first-order valence-electron chi connectivity index (χ1n) is 14.5. The van der Waals surface area contributed by atoms with Crippen LogP contribution >= 0.6 is 11.8 Å². The number of thioether (sulfide) groups is 1. The summed E-state index contributed by atoms with van der Waals surface area (Å²) in [5.41, 5.74) is 1.99. The molecular weight excluding hydrogens is 522 g/mol. The predicted molar refractivity (Wildman–Crippen MR) is 157 cm³/mol. The van der Waals surface area contributed by atoms with Gasteiger partial charge in [0.15, 0.2) is 0 Å². The van der Waals surface area contributed by atoms with Crippen molar-refractivity contribution in [1.82, 2.24) is 15.5 Å². The fourth-order valence-corrected chi connectivity index (χ4v) is 9.66. The molecule has 2 aromatic carbocycles. The highest BCUT2D eigenvalue weighted by molar-refractivity contribution is 8.02. The number of nitrogens with one attached hydrogen (secondary N) is 2. The van der Waals surface area contributed by atoms with Crippen LogP contribution < -0.4 is 10.6 Å². The molecule has 7 nitrogen and oxygen atoms in total. The third-order valence-electron chi connectivity index (χ3n) is 9.08. The summed E-state index contributed by atoms with van der Waals surface area (Å²) in [6.45, 7) is 6.28. The standard InChI is InChI=1S/C32H41N3O4S/c1-4-11-21(2)34-29(38)27-32-17-16-31(3,40-32)25(28(37)33-19-23-14-9-6-10-15-23)26(32)30(39)35(27)24(20-36)18-22-12-7-5-8-13-22/h5-10,12-15,21,24-27,36H,4,11,16-20H2,1-3H3,(H,33,37)(H,34,38)/t21?,24-,25-,26+,27?,31+,32?/m1/s1. The van der Waals surface area contributed by atoms with Gasteiger partial charge in [-0.3, -0.25) is 14.4 Å². The van der Waals surface area contributed by atoms with Crippen LogP contribution in [-0.2, 0) is 27.3 Å². The zero-order chi connectivity index (χ0) is 28.5. The van der Waals surface area contributed by atoms with Crippen LogP contribution in [-0.4, -0.2) is 62.0 Å². The highest BCUT2D eigenvalue weighted by Gasteiger charge is 2.77. The largest absolute Gasteiger partial charge is 0.394 e. The fraction of sp³-hybridized carbons (Fsp3) is 0.531. The molecular formula is C32H41N3O4S. The quantitative estimate of drug-likeness (QED) is 0.387. The maximum Gasteiger partial charge on any atom is 0.244 e. The Bertz CT molecular complexity index is 1230. The molecule has 0 aliphatic carbocycles. The van der Waals surface area contributed by atoms with E-state index in [9.17, 15) is 19.5 Å². The van der Waals surface area contributed by atoms with E-state index in [0.717, 1.165) is 30.4 Å². The maximum absolute atomic E-state index is 14.5. The van der Waals surface area contributed by atoms with Crippen LogP contribution in [0.4, 0.5) is 0 Å². The van der Waals surface area contributed by atoms with Gasteiger partial charge in [0.2, 0.25) is 17.7 Å². The second-order valence-corrected chi connectivity index (χ2v) is 13.8. The second-order valence-electron chi connectivity index (χ2n) is 11.9. The summed E-state index contributed by atoms with van der Waals surface area (Å²) >= 11 is 1.66. The molecule has 3 heterocycles.